The molecule has 7 heteroatoms. The number of carbonyl (C=O) groups excluding carboxylic acids is 1. The summed E-state index contributed by atoms with van der Waals surface area (Å²) < 4.78 is 33.0. The first-order valence-electron chi connectivity index (χ1n) is 10.3. The van der Waals surface area contributed by atoms with Crippen molar-refractivity contribution in [3.63, 3.8) is 0 Å². The van der Waals surface area contributed by atoms with E-state index in [1.54, 1.807) is 36.2 Å². The van der Waals surface area contributed by atoms with Crippen LogP contribution in [0.4, 0.5) is 5.69 Å². The molecule has 162 valence electrons. The van der Waals surface area contributed by atoms with Crippen LogP contribution < -0.4 is 9.64 Å². The maximum atomic E-state index is 13.1. The molecule has 0 N–H and O–H groups in total. The molecule has 1 unspecified atom stereocenters. The molecule has 2 aromatic rings. The predicted molar refractivity (Wildman–Crippen MR) is 118 cm³/mol. The van der Waals surface area contributed by atoms with E-state index in [-0.39, 0.29) is 23.3 Å². The first-order valence-corrected chi connectivity index (χ1v) is 11.8. The summed E-state index contributed by atoms with van der Waals surface area (Å²) in [5.41, 5.74) is 3.12. The fourth-order valence-corrected chi connectivity index (χ4v) is 5.25. The fraction of sp³-hybridized carbons (Fsp3) is 0.435. The number of anilines is 1. The van der Waals surface area contributed by atoms with Gasteiger partial charge in [-0.25, -0.2) is 8.42 Å². The second-order valence-electron chi connectivity index (χ2n) is 7.77. The molecule has 2 aromatic carbocycles. The monoisotopic (exact) mass is 430 g/mol. The van der Waals surface area contributed by atoms with E-state index < -0.39 is 10.0 Å². The number of ether oxygens (including phenoxy) is 1. The summed E-state index contributed by atoms with van der Waals surface area (Å²) >= 11 is 0. The van der Waals surface area contributed by atoms with Gasteiger partial charge < -0.3 is 9.64 Å². The third kappa shape index (κ3) is 4.68. The number of piperidine rings is 1. The molecule has 30 heavy (non-hydrogen) atoms. The zero-order valence-corrected chi connectivity index (χ0v) is 18.9. The quantitative estimate of drug-likeness (QED) is 0.700. The van der Waals surface area contributed by atoms with Crippen molar-refractivity contribution in [3.8, 4) is 5.75 Å². The molecule has 1 atom stereocenters. The normalized spacial score (nSPS) is 17.5. The van der Waals surface area contributed by atoms with E-state index >= 15 is 0 Å². The Morgan fingerprint density at radius 1 is 1.13 bits per heavy atom. The lowest BCUT2D eigenvalue weighted by Crippen LogP contribution is -2.46. The van der Waals surface area contributed by atoms with Crippen LogP contribution in [0.25, 0.3) is 0 Å². The highest BCUT2D eigenvalue weighted by Gasteiger charge is 2.34. The number of hydrogen-bond acceptors (Lipinski definition) is 4. The maximum absolute atomic E-state index is 13.1. The zero-order chi connectivity index (χ0) is 21.9. The Kier molecular flexibility index (Phi) is 6.83. The van der Waals surface area contributed by atoms with Crippen molar-refractivity contribution in [3.05, 3.63) is 53.6 Å². The van der Waals surface area contributed by atoms with E-state index in [9.17, 15) is 13.2 Å². The molecule has 3 rings (SSSR count). The van der Waals surface area contributed by atoms with Gasteiger partial charge in [-0.15, -0.1) is 0 Å². The van der Waals surface area contributed by atoms with Gasteiger partial charge in [0.05, 0.1) is 17.4 Å². The highest BCUT2D eigenvalue weighted by atomic mass is 32.2. The third-order valence-electron chi connectivity index (χ3n) is 5.71. The van der Waals surface area contributed by atoms with E-state index in [1.165, 1.54) is 9.87 Å². The SMILES string of the molecule is CCOc1ccc(S(=O)(=O)N2CCCC(C(=O)N(C)c3ccc(C)c(C)c3)C2)cc1. The number of benzene rings is 2. The average molecular weight is 431 g/mol. The summed E-state index contributed by atoms with van der Waals surface area (Å²) in [5, 5.41) is 0. The Balaban J connectivity index is 1.75. The Morgan fingerprint density at radius 3 is 2.47 bits per heavy atom. The molecule has 1 aliphatic rings. The van der Waals surface area contributed by atoms with Crippen molar-refractivity contribution < 1.29 is 17.9 Å². The van der Waals surface area contributed by atoms with Gasteiger partial charge in [0.15, 0.2) is 0 Å². The van der Waals surface area contributed by atoms with Gasteiger partial charge in [0, 0.05) is 25.8 Å². The maximum Gasteiger partial charge on any atom is 0.243 e. The molecule has 0 saturated carbocycles. The fourth-order valence-electron chi connectivity index (χ4n) is 3.72. The molecule has 0 aromatic heterocycles. The highest BCUT2D eigenvalue weighted by molar-refractivity contribution is 7.89. The van der Waals surface area contributed by atoms with Gasteiger partial charge in [-0.2, -0.15) is 4.31 Å². The zero-order valence-electron chi connectivity index (χ0n) is 18.1. The van der Waals surface area contributed by atoms with Crippen molar-refractivity contribution in [2.45, 2.75) is 38.5 Å². The number of nitrogens with zero attached hydrogens (tertiary/aromatic N) is 2. The Bertz CT molecular complexity index is 1000. The summed E-state index contributed by atoms with van der Waals surface area (Å²) in [6.45, 7) is 7.07. The molecule has 0 radical (unpaired) electrons. The number of amides is 1. The van der Waals surface area contributed by atoms with Crippen LogP contribution in [0.2, 0.25) is 0 Å². The number of sulfonamides is 1. The van der Waals surface area contributed by atoms with Crippen molar-refractivity contribution >= 4 is 21.6 Å². The van der Waals surface area contributed by atoms with Crippen LogP contribution >= 0.6 is 0 Å². The smallest absolute Gasteiger partial charge is 0.243 e. The van der Waals surface area contributed by atoms with Crippen LogP contribution in [-0.4, -0.2) is 45.4 Å². The number of hydrogen-bond donors (Lipinski definition) is 0. The second kappa shape index (κ2) is 9.18. The van der Waals surface area contributed by atoms with Crippen molar-refractivity contribution in [2.75, 3.05) is 31.6 Å². The molecule has 1 saturated heterocycles. The molecule has 0 bridgehead atoms. The number of carbonyl (C=O) groups is 1. The largest absolute Gasteiger partial charge is 0.494 e. The summed E-state index contributed by atoms with van der Waals surface area (Å²) in [5.74, 6) is 0.228. The summed E-state index contributed by atoms with van der Waals surface area (Å²) in [4.78, 5) is 15.0. The van der Waals surface area contributed by atoms with Gasteiger partial charge in [0.25, 0.3) is 0 Å². The van der Waals surface area contributed by atoms with Gasteiger partial charge in [0.2, 0.25) is 15.9 Å². The van der Waals surface area contributed by atoms with Gasteiger partial charge >= 0.3 is 0 Å². The predicted octanol–water partition coefficient (Wildman–Crippen LogP) is 3.77. The van der Waals surface area contributed by atoms with Gasteiger partial charge in [0.1, 0.15) is 5.75 Å². The summed E-state index contributed by atoms with van der Waals surface area (Å²) in [6, 6.07) is 12.4. The molecule has 1 amide bonds. The summed E-state index contributed by atoms with van der Waals surface area (Å²) in [7, 11) is -1.90. The van der Waals surface area contributed by atoms with Crippen molar-refractivity contribution in [1.29, 1.82) is 0 Å². The van der Waals surface area contributed by atoms with Crippen molar-refractivity contribution in [2.24, 2.45) is 5.92 Å². The van der Waals surface area contributed by atoms with Crippen LogP contribution in [0.3, 0.4) is 0 Å². The number of rotatable bonds is 6. The van der Waals surface area contributed by atoms with Crippen LogP contribution in [0.1, 0.15) is 30.9 Å². The van der Waals surface area contributed by atoms with E-state index in [2.05, 4.69) is 0 Å². The van der Waals surface area contributed by atoms with E-state index in [4.69, 9.17) is 4.74 Å². The minimum absolute atomic E-state index is 0.0511. The minimum Gasteiger partial charge on any atom is -0.494 e. The molecular formula is C23H30N2O4S. The average Bonchev–Trinajstić information content (AvgIpc) is 2.75. The molecule has 1 fully saturated rings. The molecule has 1 heterocycles. The Labute approximate surface area is 179 Å². The van der Waals surface area contributed by atoms with Crippen LogP contribution in [-0.2, 0) is 14.8 Å². The number of aryl methyl sites for hydroxylation is 2. The molecule has 1 aliphatic heterocycles. The minimum atomic E-state index is -3.66. The topological polar surface area (TPSA) is 66.9 Å². The molecular weight excluding hydrogens is 400 g/mol. The van der Waals surface area contributed by atoms with E-state index in [0.29, 0.717) is 31.7 Å². The van der Waals surface area contributed by atoms with E-state index in [0.717, 1.165) is 11.3 Å². The standard InChI is InChI=1S/C23H30N2O4S/c1-5-29-21-10-12-22(13-11-21)30(27,28)25-14-6-7-19(16-25)23(26)24(4)20-9-8-17(2)18(3)15-20/h8-13,15,19H,5-7,14,16H2,1-4H3. The lowest BCUT2D eigenvalue weighted by molar-refractivity contribution is -0.123. The first-order chi connectivity index (χ1) is 14.2. The lowest BCUT2D eigenvalue weighted by atomic mass is 9.98. The van der Waals surface area contributed by atoms with Gasteiger partial charge in [-0.05, 0) is 81.1 Å². The Hall–Kier alpha value is -2.38. The van der Waals surface area contributed by atoms with E-state index in [1.807, 2.05) is 39.0 Å². The summed E-state index contributed by atoms with van der Waals surface area (Å²) in [6.07, 6.45) is 1.34. The molecule has 0 aliphatic carbocycles. The van der Waals surface area contributed by atoms with Crippen LogP contribution in [0, 0.1) is 19.8 Å². The van der Waals surface area contributed by atoms with Crippen LogP contribution in [0.5, 0.6) is 5.75 Å². The molecule has 0 spiro atoms. The lowest BCUT2D eigenvalue weighted by Gasteiger charge is -2.33. The van der Waals surface area contributed by atoms with Gasteiger partial charge in [-0.3, -0.25) is 4.79 Å². The Morgan fingerprint density at radius 2 is 1.83 bits per heavy atom. The van der Waals surface area contributed by atoms with Crippen LogP contribution in [0.15, 0.2) is 47.4 Å². The van der Waals surface area contributed by atoms with Crippen molar-refractivity contribution in [1.82, 2.24) is 4.31 Å². The second-order valence-corrected chi connectivity index (χ2v) is 9.71. The molecule has 6 nitrogen and oxygen atoms in total. The first kappa shape index (κ1) is 22.3. The third-order valence-corrected chi connectivity index (χ3v) is 7.59. The highest BCUT2D eigenvalue weighted by Crippen LogP contribution is 2.27. The van der Waals surface area contributed by atoms with Gasteiger partial charge in [-0.1, -0.05) is 6.07 Å².